The van der Waals surface area contributed by atoms with Gasteiger partial charge in [-0.3, -0.25) is 0 Å². The fourth-order valence-electron chi connectivity index (χ4n) is 3.03. The third-order valence-corrected chi connectivity index (χ3v) is 6.09. The number of rotatable bonds is 3. The van der Waals surface area contributed by atoms with Crippen LogP contribution in [0.3, 0.4) is 0 Å². The van der Waals surface area contributed by atoms with Gasteiger partial charge in [-0.1, -0.05) is 30.3 Å². The van der Waals surface area contributed by atoms with Crippen LogP contribution in [0.5, 0.6) is 0 Å². The molecular formula is C18H17Br2N3O. The summed E-state index contributed by atoms with van der Waals surface area (Å²) in [5.74, 6) is 1.02. The van der Waals surface area contributed by atoms with Gasteiger partial charge < -0.3 is 14.2 Å². The van der Waals surface area contributed by atoms with Crippen LogP contribution >= 0.6 is 31.9 Å². The first-order valence-electron chi connectivity index (χ1n) is 7.94. The number of morpholine rings is 1. The highest BCUT2D eigenvalue weighted by atomic mass is 79.9. The summed E-state index contributed by atoms with van der Waals surface area (Å²) in [6.45, 7) is 4.06. The van der Waals surface area contributed by atoms with Crippen molar-refractivity contribution in [2.75, 3.05) is 31.2 Å². The van der Waals surface area contributed by atoms with Crippen molar-refractivity contribution in [3.05, 3.63) is 57.0 Å². The highest BCUT2D eigenvalue weighted by molar-refractivity contribution is 9.13. The normalized spacial score (nSPS) is 15.2. The van der Waals surface area contributed by atoms with Crippen molar-refractivity contribution in [1.29, 1.82) is 0 Å². The van der Waals surface area contributed by atoms with E-state index in [4.69, 9.17) is 9.72 Å². The lowest BCUT2D eigenvalue weighted by molar-refractivity contribution is 0.121. The molecule has 124 valence electrons. The lowest BCUT2D eigenvalue weighted by Crippen LogP contribution is -2.38. The van der Waals surface area contributed by atoms with Crippen molar-refractivity contribution in [3.8, 4) is 0 Å². The Balaban J connectivity index is 1.84. The Morgan fingerprint density at radius 2 is 1.71 bits per heavy atom. The van der Waals surface area contributed by atoms with E-state index in [1.165, 1.54) is 5.56 Å². The van der Waals surface area contributed by atoms with Crippen LogP contribution in [0.15, 0.2) is 51.4 Å². The maximum absolute atomic E-state index is 5.50. The minimum Gasteiger partial charge on any atom is -0.378 e. The topological polar surface area (TPSA) is 30.3 Å². The molecule has 4 nitrogen and oxygen atoms in total. The Morgan fingerprint density at radius 3 is 2.46 bits per heavy atom. The lowest BCUT2D eigenvalue weighted by atomic mass is 10.2. The fourth-order valence-corrected chi connectivity index (χ4v) is 3.70. The van der Waals surface area contributed by atoms with Gasteiger partial charge in [0.2, 0.25) is 5.95 Å². The van der Waals surface area contributed by atoms with Crippen LogP contribution in [-0.4, -0.2) is 35.9 Å². The highest BCUT2D eigenvalue weighted by Crippen LogP contribution is 2.32. The van der Waals surface area contributed by atoms with Crippen molar-refractivity contribution in [2.24, 2.45) is 0 Å². The molecule has 0 N–H and O–H groups in total. The van der Waals surface area contributed by atoms with E-state index >= 15 is 0 Å². The van der Waals surface area contributed by atoms with Crippen molar-refractivity contribution < 1.29 is 4.74 Å². The summed E-state index contributed by atoms with van der Waals surface area (Å²) >= 11 is 7.20. The van der Waals surface area contributed by atoms with E-state index in [2.05, 4.69) is 77.7 Å². The SMILES string of the molecule is Brc1cc2nc(N3CCOCC3)n(Cc3ccccc3)c2cc1Br. The molecule has 1 saturated heterocycles. The van der Waals surface area contributed by atoms with E-state index in [1.807, 2.05) is 6.07 Å². The number of nitrogens with zero attached hydrogens (tertiary/aromatic N) is 3. The molecule has 6 heteroatoms. The maximum atomic E-state index is 5.50. The van der Waals surface area contributed by atoms with Crippen LogP contribution in [0.4, 0.5) is 5.95 Å². The van der Waals surface area contributed by atoms with Crippen molar-refractivity contribution in [3.63, 3.8) is 0 Å². The zero-order valence-electron chi connectivity index (χ0n) is 13.1. The molecule has 24 heavy (non-hydrogen) atoms. The third kappa shape index (κ3) is 3.10. The van der Waals surface area contributed by atoms with Crippen LogP contribution in [0.25, 0.3) is 11.0 Å². The summed E-state index contributed by atoms with van der Waals surface area (Å²) in [7, 11) is 0. The number of hydrogen-bond donors (Lipinski definition) is 0. The molecule has 0 spiro atoms. The van der Waals surface area contributed by atoms with Crippen molar-refractivity contribution in [2.45, 2.75) is 6.54 Å². The second-order valence-electron chi connectivity index (χ2n) is 5.84. The molecule has 1 aromatic heterocycles. The summed E-state index contributed by atoms with van der Waals surface area (Å²) in [4.78, 5) is 7.23. The molecule has 0 radical (unpaired) electrons. The third-order valence-electron chi connectivity index (χ3n) is 4.25. The summed E-state index contributed by atoms with van der Waals surface area (Å²) in [5, 5.41) is 0. The summed E-state index contributed by atoms with van der Waals surface area (Å²) in [5.41, 5.74) is 3.41. The van der Waals surface area contributed by atoms with Crippen molar-refractivity contribution >= 4 is 48.8 Å². The lowest BCUT2D eigenvalue weighted by Gasteiger charge is -2.28. The van der Waals surface area contributed by atoms with Gasteiger partial charge in [-0.2, -0.15) is 0 Å². The molecular weight excluding hydrogens is 434 g/mol. The van der Waals surface area contributed by atoms with Crippen LogP contribution in [0, 0.1) is 0 Å². The number of halogens is 2. The molecule has 0 unspecified atom stereocenters. The average Bonchev–Trinajstić information content (AvgIpc) is 2.95. The van der Waals surface area contributed by atoms with Crippen LogP contribution in [-0.2, 0) is 11.3 Å². The number of aromatic nitrogens is 2. The van der Waals surface area contributed by atoms with E-state index < -0.39 is 0 Å². The van der Waals surface area contributed by atoms with Gasteiger partial charge in [0.1, 0.15) is 0 Å². The standard InChI is InChI=1S/C18H17Br2N3O/c19-14-10-16-17(11-15(14)20)23(12-13-4-2-1-3-5-13)18(21-16)22-6-8-24-9-7-22/h1-5,10-11H,6-9,12H2. The second kappa shape index (κ2) is 6.86. The van der Waals surface area contributed by atoms with Gasteiger partial charge >= 0.3 is 0 Å². The zero-order chi connectivity index (χ0) is 16.5. The smallest absolute Gasteiger partial charge is 0.207 e. The van der Waals surface area contributed by atoms with Crippen LogP contribution in [0.1, 0.15) is 5.56 Å². The molecule has 1 aliphatic rings. The molecule has 4 rings (SSSR count). The summed E-state index contributed by atoms with van der Waals surface area (Å²) in [6.07, 6.45) is 0. The number of fused-ring (bicyclic) bond motifs is 1. The van der Waals surface area contributed by atoms with Gasteiger partial charge in [0.15, 0.2) is 0 Å². The van der Waals surface area contributed by atoms with Gasteiger partial charge in [-0.15, -0.1) is 0 Å². The molecule has 1 fully saturated rings. The quantitative estimate of drug-likeness (QED) is 0.590. The van der Waals surface area contributed by atoms with E-state index in [0.29, 0.717) is 0 Å². The number of benzene rings is 2. The molecule has 0 amide bonds. The number of ether oxygens (including phenoxy) is 1. The minimum atomic E-state index is 0.752. The fraction of sp³-hybridized carbons (Fsp3) is 0.278. The van der Waals surface area contributed by atoms with E-state index in [9.17, 15) is 0 Å². The molecule has 0 bridgehead atoms. The van der Waals surface area contributed by atoms with Gasteiger partial charge in [0.25, 0.3) is 0 Å². The van der Waals surface area contributed by atoms with Gasteiger partial charge in [0.05, 0.1) is 30.8 Å². The molecule has 3 aromatic rings. The van der Waals surface area contributed by atoms with E-state index in [-0.39, 0.29) is 0 Å². The Labute approximate surface area is 157 Å². The van der Waals surface area contributed by atoms with Crippen LogP contribution < -0.4 is 4.90 Å². The van der Waals surface area contributed by atoms with E-state index in [1.54, 1.807) is 0 Å². The van der Waals surface area contributed by atoms with Gasteiger partial charge in [0, 0.05) is 22.0 Å². The summed E-state index contributed by atoms with van der Waals surface area (Å²) in [6, 6.07) is 14.7. The predicted octanol–water partition coefficient (Wildman–Crippen LogP) is 4.45. The molecule has 2 heterocycles. The number of hydrogen-bond acceptors (Lipinski definition) is 3. The average molecular weight is 451 g/mol. The van der Waals surface area contributed by atoms with E-state index in [0.717, 1.165) is 58.8 Å². The Hall–Kier alpha value is -1.37. The molecule has 0 aliphatic carbocycles. The Morgan fingerprint density at radius 1 is 1.00 bits per heavy atom. The summed E-state index contributed by atoms with van der Waals surface area (Å²) < 4.78 is 9.86. The van der Waals surface area contributed by atoms with Crippen molar-refractivity contribution in [1.82, 2.24) is 9.55 Å². The molecule has 0 saturated carbocycles. The largest absolute Gasteiger partial charge is 0.378 e. The number of anilines is 1. The Bertz CT molecular complexity index is 858. The predicted molar refractivity (Wildman–Crippen MR) is 104 cm³/mol. The molecule has 2 aromatic carbocycles. The first kappa shape index (κ1) is 16.1. The highest BCUT2D eigenvalue weighted by Gasteiger charge is 2.20. The van der Waals surface area contributed by atoms with Gasteiger partial charge in [-0.05, 0) is 49.6 Å². The van der Waals surface area contributed by atoms with Gasteiger partial charge in [-0.25, -0.2) is 4.98 Å². The monoisotopic (exact) mass is 449 g/mol. The first-order chi connectivity index (χ1) is 11.7. The Kier molecular flexibility index (Phi) is 4.61. The van der Waals surface area contributed by atoms with Crippen LogP contribution in [0.2, 0.25) is 0 Å². The molecule has 0 atom stereocenters. The minimum absolute atomic E-state index is 0.752. The maximum Gasteiger partial charge on any atom is 0.207 e. The zero-order valence-corrected chi connectivity index (χ0v) is 16.3. The second-order valence-corrected chi connectivity index (χ2v) is 7.55. The number of imidazole rings is 1. The molecule has 1 aliphatic heterocycles. The first-order valence-corrected chi connectivity index (χ1v) is 9.53.